The van der Waals surface area contributed by atoms with Crippen molar-refractivity contribution in [2.75, 3.05) is 0 Å². The van der Waals surface area contributed by atoms with E-state index in [1.807, 2.05) is 28.8 Å². The molecular weight excluding hydrogens is 437 g/mol. The predicted molar refractivity (Wildman–Crippen MR) is 123 cm³/mol. The normalized spacial score (nSPS) is 18.9. The van der Waals surface area contributed by atoms with Crippen LogP contribution in [0.15, 0.2) is 54.9 Å². The van der Waals surface area contributed by atoms with Crippen molar-refractivity contribution in [1.82, 2.24) is 25.1 Å². The van der Waals surface area contributed by atoms with E-state index in [0.29, 0.717) is 24.9 Å². The van der Waals surface area contributed by atoms with Gasteiger partial charge in [-0.05, 0) is 49.6 Å². The van der Waals surface area contributed by atoms with Crippen molar-refractivity contribution in [3.05, 3.63) is 66.2 Å². The van der Waals surface area contributed by atoms with Crippen LogP contribution in [0.3, 0.4) is 0 Å². The van der Waals surface area contributed by atoms with E-state index in [1.54, 1.807) is 25.4 Å². The number of aromatic nitrogens is 2. The molecule has 0 bridgehead atoms. The molecule has 176 valence electrons. The Bertz CT molecular complexity index is 1250. The number of amides is 4. The Morgan fingerprint density at radius 3 is 2.59 bits per heavy atom. The second-order valence-corrected chi connectivity index (χ2v) is 9.07. The van der Waals surface area contributed by atoms with Crippen LogP contribution in [0.1, 0.15) is 44.2 Å². The molecule has 2 fully saturated rings. The molecule has 2 N–H and O–H groups in total. The van der Waals surface area contributed by atoms with Gasteiger partial charge in [-0.2, -0.15) is 0 Å². The van der Waals surface area contributed by atoms with Crippen molar-refractivity contribution in [2.45, 2.75) is 56.8 Å². The number of carbonyl (C=O) groups excluding carboxylic acids is 3. The van der Waals surface area contributed by atoms with E-state index in [2.05, 4.69) is 15.6 Å². The summed E-state index contributed by atoms with van der Waals surface area (Å²) >= 11 is 0. The second kappa shape index (κ2) is 8.55. The standard InChI is InChI=1S/C25H26FN5O3/c1-16(31-23(33)25(29-24(31)34)12-4-5-13-25)22(32)28-20(17-8-10-18(26)11-9-17)14-30-15-27-19-6-2-3-7-21(19)30/h2-3,6-11,15-16,20H,4-5,12-14H2,1H3,(H,28,32)(H,29,34). The summed E-state index contributed by atoms with van der Waals surface area (Å²) in [6.45, 7) is 1.89. The van der Waals surface area contributed by atoms with Crippen molar-refractivity contribution in [2.24, 2.45) is 0 Å². The topological polar surface area (TPSA) is 96.3 Å². The number of imide groups is 1. The van der Waals surface area contributed by atoms with Crippen LogP contribution in [-0.2, 0) is 16.1 Å². The van der Waals surface area contributed by atoms with Gasteiger partial charge in [0.1, 0.15) is 17.4 Å². The number of rotatable bonds is 6. The first-order valence-corrected chi connectivity index (χ1v) is 11.5. The van der Waals surface area contributed by atoms with Gasteiger partial charge in [0.05, 0.1) is 23.4 Å². The fourth-order valence-corrected chi connectivity index (χ4v) is 5.00. The Morgan fingerprint density at radius 1 is 1.15 bits per heavy atom. The Labute approximate surface area is 196 Å². The lowest BCUT2D eigenvalue weighted by Crippen LogP contribution is -2.50. The molecule has 2 unspecified atom stereocenters. The summed E-state index contributed by atoms with van der Waals surface area (Å²) in [4.78, 5) is 44.5. The lowest BCUT2D eigenvalue weighted by molar-refractivity contribution is -0.138. The van der Waals surface area contributed by atoms with Crippen molar-refractivity contribution in [1.29, 1.82) is 0 Å². The number of carbonyl (C=O) groups is 3. The van der Waals surface area contributed by atoms with Crippen LogP contribution in [-0.4, -0.2) is 43.9 Å². The van der Waals surface area contributed by atoms with E-state index in [9.17, 15) is 18.8 Å². The molecule has 1 saturated carbocycles. The summed E-state index contributed by atoms with van der Waals surface area (Å²) in [6, 6.07) is 11.5. The molecule has 2 aromatic carbocycles. The third-order valence-corrected chi connectivity index (χ3v) is 6.91. The number of imidazole rings is 1. The van der Waals surface area contributed by atoms with E-state index in [0.717, 1.165) is 28.8 Å². The Balaban J connectivity index is 1.39. The van der Waals surface area contributed by atoms with Crippen molar-refractivity contribution in [3.8, 4) is 0 Å². The molecule has 2 aliphatic rings. The minimum absolute atomic E-state index is 0.336. The van der Waals surface area contributed by atoms with Gasteiger partial charge in [-0.3, -0.25) is 9.59 Å². The van der Waals surface area contributed by atoms with Crippen LogP contribution < -0.4 is 10.6 Å². The zero-order valence-corrected chi connectivity index (χ0v) is 18.8. The number of para-hydroxylation sites is 2. The Kier molecular flexibility index (Phi) is 5.55. The number of halogens is 1. The molecule has 1 aliphatic heterocycles. The first-order valence-electron chi connectivity index (χ1n) is 11.5. The fraction of sp³-hybridized carbons (Fsp3) is 0.360. The second-order valence-electron chi connectivity index (χ2n) is 9.07. The van der Waals surface area contributed by atoms with Crippen molar-refractivity contribution in [3.63, 3.8) is 0 Å². The molecule has 34 heavy (non-hydrogen) atoms. The van der Waals surface area contributed by atoms with Gasteiger partial charge in [0.2, 0.25) is 5.91 Å². The van der Waals surface area contributed by atoms with Gasteiger partial charge >= 0.3 is 6.03 Å². The van der Waals surface area contributed by atoms with Gasteiger partial charge in [0.15, 0.2) is 0 Å². The molecule has 2 atom stereocenters. The molecule has 2 heterocycles. The summed E-state index contributed by atoms with van der Waals surface area (Å²) in [6.07, 6.45) is 4.61. The van der Waals surface area contributed by atoms with Gasteiger partial charge in [0.25, 0.3) is 5.91 Å². The van der Waals surface area contributed by atoms with Gasteiger partial charge < -0.3 is 15.2 Å². The smallest absolute Gasteiger partial charge is 0.325 e. The van der Waals surface area contributed by atoms with E-state index in [4.69, 9.17) is 0 Å². The molecule has 1 saturated heterocycles. The highest BCUT2D eigenvalue weighted by atomic mass is 19.1. The van der Waals surface area contributed by atoms with Gasteiger partial charge in [0, 0.05) is 6.54 Å². The first kappa shape index (κ1) is 22.1. The average Bonchev–Trinajstić information content (AvgIpc) is 3.52. The average molecular weight is 464 g/mol. The van der Waals surface area contributed by atoms with Crippen LogP contribution in [0.2, 0.25) is 0 Å². The number of benzene rings is 2. The van der Waals surface area contributed by atoms with Gasteiger partial charge in [-0.25, -0.2) is 19.1 Å². The molecule has 1 aliphatic carbocycles. The molecule has 3 aromatic rings. The minimum atomic E-state index is -0.991. The first-order chi connectivity index (χ1) is 16.4. The maximum absolute atomic E-state index is 13.6. The SMILES string of the molecule is CC(C(=O)NC(Cn1cnc2ccccc21)c1ccc(F)cc1)N1C(=O)NC2(CCCC2)C1=O. The number of nitrogens with zero attached hydrogens (tertiary/aromatic N) is 3. The summed E-state index contributed by atoms with van der Waals surface area (Å²) < 4.78 is 15.5. The highest BCUT2D eigenvalue weighted by Crippen LogP contribution is 2.36. The number of hydrogen-bond donors (Lipinski definition) is 2. The summed E-state index contributed by atoms with van der Waals surface area (Å²) in [5, 5.41) is 5.78. The van der Waals surface area contributed by atoms with Crippen LogP contribution in [0.25, 0.3) is 11.0 Å². The zero-order valence-electron chi connectivity index (χ0n) is 18.8. The van der Waals surface area contributed by atoms with E-state index < -0.39 is 29.6 Å². The Morgan fingerprint density at radius 2 is 1.85 bits per heavy atom. The summed E-state index contributed by atoms with van der Waals surface area (Å²) in [5.41, 5.74) is 1.54. The van der Waals surface area contributed by atoms with Gasteiger partial charge in [-0.1, -0.05) is 37.1 Å². The van der Waals surface area contributed by atoms with Crippen molar-refractivity contribution < 1.29 is 18.8 Å². The molecule has 9 heteroatoms. The van der Waals surface area contributed by atoms with Crippen LogP contribution in [0.5, 0.6) is 0 Å². The van der Waals surface area contributed by atoms with Crippen LogP contribution in [0, 0.1) is 5.82 Å². The molecule has 8 nitrogen and oxygen atoms in total. The highest BCUT2D eigenvalue weighted by Gasteiger charge is 2.54. The summed E-state index contributed by atoms with van der Waals surface area (Å²) in [7, 11) is 0. The van der Waals surface area contributed by atoms with E-state index in [1.165, 1.54) is 12.1 Å². The third-order valence-electron chi connectivity index (χ3n) is 6.91. The minimum Gasteiger partial charge on any atom is -0.346 e. The lowest BCUT2D eigenvalue weighted by atomic mass is 9.97. The van der Waals surface area contributed by atoms with E-state index in [-0.39, 0.29) is 11.7 Å². The predicted octanol–water partition coefficient (Wildman–Crippen LogP) is 3.29. The number of nitrogens with one attached hydrogen (secondary N) is 2. The largest absolute Gasteiger partial charge is 0.346 e. The molecule has 1 aromatic heterocycles. The third kappa shape index (κ3) is 3.81. The number of urea groups is 1. The maximum Gasteiger partial charge on any atom is 0.325 e. The molecule has 1 spiro atoms. The van der Waals surface area contributed by atoms with Crippen LogP contribution in [0.4, 0.5) is 9.18 Å². The number of fused-ring (bicyclic) bond motifs is 1. The van der Waals surface area contributed by atoms with E-state index >= 15 is 0 Å². The van der Waals surface area contributed by atoms with Crippen molar-refractivity contribution >= 4 is 28.9 Å². The molecule has 5 rings (SSSR count). The van der Waals surface area contributed by atoms with Crippen LogP contribution >= 0.6 is 0 Å². The monoisotopic (exact) mass is 463 g/mol. The zero-order chi connectivity index (χ0) is 23.9. The summed E-state index contributed by atoms with van der Waals surface area (Å²) in [5.74, 6) is -1.18. The highest BCUT2D eigenvalue weighted by molar-refractivity contribution is 6.10. The molecular formula is C25H26FN5O3. The molecule has 0 radical (unpaired) electrons. The fourth-order valence-electron chi connectivity index (χ4n) is 5.00. The molecule has 4 amide bonds. The van der Waals surface area contributed by atoms with Gasteiger partial charge in [-0.15, -0.1) is 0 Å². The maximum atomic E-state index is 13.6. The lowest BCUT2D eigenvalue weighted by Gasteiger charge is -2.26. The quantitative estimate of drug-likeness (QED) is 0.549. The number of hydrogen-bond acceptors (Lipinski definition) is 4. The Hall–Kier alpha value is -3.75.